The molecule has 0 amide bonds. The van der Waals surface area contributed by atoms with Crippen LogP contribution in [0.25, 0.3) is 22.2 Å². The van der Waals surface area contributed by atoms with Crippen LogP contribution in [-0.2, 0) is 0 Å². The van der Waals surface area contributed by atoms with E-state index in [0.29, 0.717) is 11.5 Å². The molecule has 0 aliphatic carbocycles. The lowest BCUT2D eigenvalue weighted by Crippen LogP contribution is -1.91. The van der Waals surface area contributed by atoms with Gasteiger partial charge in [0.15, 0.2) is 5.65 Å². The zero-order valence-electron chi connectivity index (χ0n) is 12.0. The molecule has 0 atom stereocenters. The van der Waals surface area contributed by atoms with Crippen LogP contribution in [0.4, 0.5) is 15.9 Å². The van der Waals surface area contributed by atoms with Crippen molar-refractivity contribution in [2.75, 3.05) is 5.32 Å². The van der Waals surface area contributed by atoms with Crippen molar-refractivity contribution in [3.63, 3.8) is 0 Å². The van der Waals surface area contributed by atoms with Gasteiger partial charge in [0.05, 0.1) is 5.39 Å². The molecule has 112 valence electrons. The fourth-order valence-corrected chi connectivity index (χ4v) is 2.36. The number of hydrogen-bond donors (Lipinski definition) is 2. The molecular weight excluding hydrogens is 293 g/mol. The molecule has 0 aliphatic heterocycles. The van der Waals surface area contributed by atoms with E-state index >= 15 is 0 Å². The molecule has 0 saturated carbocycles. The van der Waals surface area contributed by atoms with Gasteiger partial charge in [-0.2, -0.15) is 5.10 Å². The highest BCUT2D eigenvalue weighted by molar-refractivity contribution is 5.91. The van der Waals surface area contributed by atoms with Gasteiger partial charge in [-0.1, -0.05) is 6.07 Å². The van der Waals surface area contributed by atoms with E-state index in [2.05, 4.69) is 25.5 Å². The third-order valence-corrected chi connectivity index (χ3v) is 3.52. The van der Waals surface area contributed by atoms with Crippen LogP contribution in [0, 0.1) is 5.82 Å². The summed E-state index contributed by atoms with van der Waals surface area (Å²) in [4.78, 5) is 8.49. The van der Waals surface area contributed by atoms with Gasteiger partial charge in [0.2, 0.25) is 0 Å². The SMILES string of the molecule is Fc1ccc(Nc2[nH]nc3ncc(-c4cccnc4)cc23)cc1. The van der Waals surface area contributed by atoms with E-state index in [4.69, 9.17) is 0 Å². The second-order valence-corrected chi connectivity index (χ2v) is 5.07. The Morgan fingerprint density at radius 2 is 1.87 bits per heavy atom. The molecule has 0 radical (unpaired) electrons. The van der Waals surface area contributed by atoms with Gasteiger partial charge in [0, 0.05) is 35.4 Å². The molecule has 0 bridgehead atoms. The van der Waals surface area contributed by atoms with Gasteiger partial charge in [-0.15, -0.1) is 0 Å². The molecule has 3 heterocycles. The molecular formula is C17H12FN5. The molecule has 4 aromatic rings. The highest BCUT2D eigenvalue weighted by Gasteiger charge is 2.09. The lowest BCUT2D eigenvalue weighted by Gasteiger charge is -2.05. The van der Waals surface area contributed by atoms with Gasteiger partial charge in [-0.3, -0.25) is 10.1 Å². The van der Waals surface area contributed by atoms with Gasteiger partial charge in [-0.25, -0.2) is 9.37 Å². The van der Waals surface area contributed by atoms with Gasteiger partial charge >= 0.3 is 0 Å². The van der Waals surface area contributed by atoms with Gasteiger partial charge < -0.3 is 5.32 Å². The average molecular weight is 305 g/mol. The number of pyridine rings is 2. The molecule has 5 nitrogen and oxygen atoms in total. The van der Waals surface area contributed by atoms with Crippen LogP contribution < -0.4 is 5.32 Å². The van der Waals surface area contributed by atoms with E-state index < -0.39 is 0 Å². The summed E-state index contributed by atoms with van der Waals surface area (Å²) in [6.45, 7) is 0. The molecule has 4 rings (SSSR count). The van der Waals surface area contributed by atoms with Crippen molar-refractivity contribution < 1.29 is 4.39 Å². The summed E-state index contributed by atoms with van der Waals surface area (Å²) in [6, 6.07) is 12.0. The minimum Gasteiger partial charge on any atom is -0.340 e. The molecule has 1 aromatic carbocycles. The number of H-pyrrole nitrogens is 1. The monoisotopic (exact) mass is 305 g/mol. The summed E-state index contributed by atoms with van der Waals surface area (Å²) >= 11 is 0. The number of benzene rings is 1. The second-order valence-electron chi connectivity index (χ2n) is 5.07. The number of hydrogen-bond acceptors (Lipinski definition) is 4. The fraction of sp³-hybridized carbons (Fsp3) is 0. The average Bonchev–Trinajstić information content (AvgIpc) is 3.00. The first-order valence-electron chi connectivity index (χ1n) is 7.07. The molecule has 0 aliphatic rings. The quantitative estimate of drug-likeness (QED) is 0.602. The van der Waals surface area contributed by atoms with Crippen LogP contribution in [0.3, 0.4) is 0 Å². The normalized spacial score (nSPS) is 10.8. The van der Waals surface area contributed by atoms with E-state index in [1.165, 1.54) is 12.1 Å². The first-order chi connectivity index (χ1) is 11.3. The third-order valence-electron chi connectivity index (χ3n) is 3.52. The number of anilines is 2. The zero-order valence-corrected chi connectivity index (χ0v) is 12.0. The topological polar surface area (TPSA) is 66.5 Å². The summed E-state index contributed by atoms with van der Waals surface area (Å²) < 4.78 is 13.0. The number of aromatic nitrogens is 4. The largest absolute Gasteiger partial charge is 0.340 e. The number of halogens is 1. The smallest absolute Gasteiger partial charge is 0.183 e. The van der Waals surface area contributed by atoms with Crippen LogP contribution >= 0.6 is 0 Å². The van der Waals surface area contributed by atoms with Crippen LogP contribution in [-0.4, -0.2) is 20.2 Å². The summed E-state index contributed by atoms with van der Waals surface area (Å²) in [5.74, 6) is 0.440. The molecule has 0 spiro atoms. The maximum atomic E-state index is 13.0. The fourth-order valence-electron chi connectivity index (χ4n) is 2.36. The summed E-state index contributed by atoms with van der Waals surface area (Å²) in [6.07, 6.45) is 5.28. The number of nitrogens with one attached hydrogen (secondary N) is 2. The molecule has 2 N–H and O–H groups in total. The third kappa shape index (κ3) is 2.62. The lowest BCUT2D eigenvalue weighted by atomic mass is 10.1. The van der Waals surface area contributed by atoms with Crippen molar-refractivity contribution in [1.29, 1.82) is 0 Å². The van der Waals surface area contributed by atoms with Crippen LogP contribution in [0.5, 0.6) is 0 Å². The maximum absolute atomic E-state index is 13.0. The lowest BCUT2D eigenvalue weighted by molar-refractivity contribution is 0.628. The Labute approximate surface area is 131 Å². The summed E-state index contributed by atoms with van der Waals surface area (Å²) in [5.41, 5.74) is 3.32. The van der Waals surface area contributed by atoms with Crippen molar-refractivity contribution >= 4 is 22.5 Å². The number of aromatic amines is 1. The molecule has 3 aromatic heterocycles. The Kier molecular flexibility index (Phi) is 3.20. The first-order valence-corrected chi connectivity index (χ1v) is 7.07. The maximum Gasteiger partial charge on any atom is 0.183 e. The highest BCUT2D eigenvalue weighted by Crippen LogP contribution is 2.27. The Balaban J connectivity index is 1.74. The van der Waals surface area contributed by atoms with Crippen LogP contribution in [0.2, 0.25) is 0 Å². The summed E-state index contributed by atoms with van der Waals surface area (Å²) in [5, 5.41) is 11.2. The van der Waals surface area contributed by atoms with E-state index in [0.717, 1.165) is 22.2 Å². The minimum atomic E-state index is -0.273. The number of nitrogens with zero attached hydrogens (tertiary/aromatic N) is 3. The predicted molar refractivity (Wildman–Crippen MR) is 86.8 cm³/mol. The van der Waals surface area contributed by atoms with Gasteiger partial charge in [0.25, 0.3) is 0 Å². The predicted octanol–water partition coefficient (Wildman–Crippen LogP) is 3.90. The Morgan fingerprint density at radius 3 is 2.65 bits per heavy atom. The Morgan fingerprint density at radius 1 is 1.00 bits per heavy atom. The minimum absolute atomic E-state index is 0.273. The number of fused-ring (bicyclic) bond motifs is 1. The molecule has 23 heavy (non-hydrogen) atoms. The van der Waals surface area contributed by atoms with E-state index in [-0.39, 0.29) is 5.82 Å². The van der Waals surface area contributed by atoms with Gasteiger partial charge in [0.1, 0.15) is 11.6 Å². The molecule has 0 unspecified atom stereocenters. The number of rotatable bonds is 3. The van der Waals surface area contributed by atoms with Crippen molar-refractivity contribution in [3.8, 4) is 11.1 Å². The van der Waals surface area contributed by atoms with Crippen LogP contribution in [0.15, 0.2) is 61.1 Å². The first kappa shape index (κ1) is 13.4. The molecule has 0 saturated heterocycles. The van der Waals surface area contributed by atoms with Crippen molar-refractivity contribution in [2.45, 2.75) is 0 Å². The van der Waals surface area contributed by atoms with Crippen molar-refractivity contribution in [1.82, 2.24) is 20.2 Å². The standard InChI is InChI=1S/C17H12FN5/c18-13-3-5-14(6-4-13)21-17-15-8-12(10-20-16(15)22-23-17)11-2-1-7-19-9-11/h1-10H,(H2,20,21,22,23). The van der Waals surface area contributed by atoms with Crippen molar-refractivity contribution in [3.05, 3.63) is 66.9 Å². The second kappa shape index (κ2) is 5.49. The molecule has 6 heteroatoms. The van der Waals surface area contributed by atoms with Crippen LogP contribution in [0.1, 0.15) is 0 Å². The van der Waals surface area contributed by atoms with E-state index in [1.54, 1.807) is 30.7 Å². The summed E-state index contributed by atoms with van der Waals surface area (Å²) in [7, 11) is 0. The van der Waals surface area contributed by atoms with Crippen molar-refractivity contribution in [2.24, 2.45) is 0 Å². The zero-order chi connectivity index (χ0) is 15.6. The molecule has 0 fully saturated rings. The Bertz CT molecular complexity index is 948. The highest BCUT2D eigenvalue weighted by atomic mass is 19.1. The van der Waals surface area contributed by atoms with E-state index in [1.807, 2.05) is 18.2 Å². The van der Waals surface area contributed by atoms with Gasteiger partial charge in [-0.05, 0) is 36.4 Å². The van der Waals surface area contributed by atoms with E-state index in [9.17, 15) is 4.39 Å². The Hall–Kier alpha value is -3.28.